The van der Waals surface area contributed by atoms with Gasteiger partial charge in [-0.3, -0.25) is 4.72 Å². The Morgan fingerprint density at radius 1 is 1.41 bits per heavy atom. The molecular weight excluding hydrogens is 230 g/mol. The van der Waals surface area contributed by atoms with Crippen LogP contribution >= 0.6 is 12.1 Å². The Balaban J connectivity index is 2.04. The van der Waals surface area contributed by atoms with Gasteiger partial charge in [-0.05, 0) is 30.2 Å². The summed E-state index contributed by atoms with van der Waals surface area (Å²) in [7, 11) is 4.04. The Kier molecular flexibility index (Phi) is 4.48. The number of hydrogen-bond donors (Lipinski definition) is 2. The third-order valence-corrected chi connectivity index (χ3v) is 3.35. The van der Waals surface area contributed by atoms with E-state index in [-0.39, 0.29) is 0 Å². The summed E-state index contributed by atoms with van der Waals surface area (Å²) in [5, 5.41) is 0. The number of rotatable bonds is 5. The standard InChI is InChI=1S/C13H19N3S/c1-14-17-15-9-11-4-3-5-12(8-11)13-6-7-16(2)10-13/h3-5,8,10,14-15H,6-7,9H2,1-2H3. The summed E-state index contributed by atoms with van der Waals surface area (Å²) in [4.78, 5) is 2.25. The predicted octanol–water partition coefficient (Wildman–Crippen LogP) is 2.24. The second-order valence-electron chi connectivity index (χ2n) is 4.21. The molecule has 0 spiro atoms. The van der Waals surface area contributed by atoms with Crippen LogP contribution in [-0.4, -0.2) is 25.5 Å². The lowest BCUT2D eigenvalue weighted by atomic mass is 10.0. The Morgan fingerprint density at radius 2 is 2.29 bits per heavy atom. The zero-order chi connectivity index (χ0) is 12.1. The second-order valence-corrected chi connectivity index (χ2v) is 5.11. The van der Waals surface area contributed by atoms with E-state index in [4.69, 9.17) is 0 Å². The van der Waals surface area contributed by atoms with E-state index in [9.17, 15) is 0 Å². The van der Waals surface area contributed by atoms with Crippen molar-refractivity contribution in [3.63, 3.8) is 0 Å². The summed E-state index contributed by atoms with van der Waals surface area (Å²) in [6, 6.07) is 8.76. The maximum absolute atomic E-state index is 3.25. The zero-order valence-corrected chi connectivity index (χ0v) is 11.2. The van der Waals surface area contributed by atoms with Gasteiger partial charge in [0.25, 0.3) is 0 Å². The Labute approximate surface area is 108 Å². The Morgan fingerprint density at radius 3 is 3.00 bits per heavy atom. The molecule has 0 amide bonds. The van der Waals surface area contributed by atoms with E-state index in [1.54, 1.807) is 0 Å². The van der Waals surface area contributed by atoms with Crippen molar-refractivity contribution in [1.29, 1.82) is 0 Å². The third kappa shape index (κ3) is 3.49. The monoisotopic (exact) mass is 249 g/mol. The van der Waals surface area contributed by atoms with Crippen LogP contribution in [0, 0.1) is 0 Å². The van der Waals surface area contributed by atoms with Crippen LogP contribution in [-0.2, 0) is 6.54 Å². The molecule has 4 heteroatoms. The maximum atomic E-state index is 3.25. The zero-order valence-electron chi connectivity index (χ0n) is 10.4. The van der Waals surface area contributed by atoms with Gasteiger partial charge in [0.1, 0.15) is 0 Å². The number of nitrogens with zero attached hydrogens (tertiary/aromatic N) is 1. The van der Waals surface area contributed by atoms with Gasteiger partial charge in [0.05, 0.1) is 0 Å². The van der Waals surface area contributed by atoms with Crippen molar-refractivity contribution in [2.45, 2.75) is 13.0 Å². The van der Waals surface area contributed by atoms with E-state index < -0.39 is 0 Å². The lowest BCUT2D eigenvalue weighted by Crippen LogP contribution is -2.09. The highest BCUT2D eigenvalue weighted by atomic mass is 32.2. The third-order valence-electron chi connectivity index (χ3n) is 2.86. The van der Waals surface area contributed by atoms with Crippen molar-refractivity contribution in [1.82, 2.24) is 14.3 Å². The number of nitrogens with one attached hydrogen (secondary N) is 2. The summed E-state index contributed by atoms with van der Waals surface area (Å²) in [6.45, 7) is 2.01. The summed E-state index contributed by atoms with van der Waals surface area (Å²) < 4.78 is 6.25. The van der Waals surface area contributed by atoms with Gasteiger partial charge in [0, 0.05) is 38.5 Å². The summed E-state index contributed by atoms with van der Waals surface area (Å²) in [5.74, 6) is 0. The fourth-order valence-electron chi connectivity index (χ4n) is 1.98. The fourth-order valence-corrected chi connectivity index (χ4v) is 2.37. The minimum atomic E-state index is 0.877. The lowest BCUT2D eigenvalue weighted by molar-refractivity contribution is 0.496. The van der Waals surface area contributed by atoms with E-state index in [1.165, 1.54) is 28.8 Å². The van der Waals surface area contributed by atoms with Gasteiger partial charge < -0.3 is 4.90 Å². The topological polar surface area (TPSA) is 27.3 Å². The van der Waals surface area contributed by atoms with Gasteiger partial charge in [-0.25, -0.2) is 4.72 Å². The highest BCUT2D eigenvalue weighted by Crippen LogP contribution is 2.24. The molecule has 0 saturated carbocycles. The molecule has 92 valence electrons. The Bertz CT molecular complexity index is 403. The molecular formula is C13H19N3S. The molecule has 0 unspecified atom stereocenters. The first kappa shape index (κ1) is 12.5. The maximum Gasteiger partial charge on any atom is 0.0322 e. The Hall–Kier alpha value is -0.970. The van der Waals surface area contributed by atoms with Crippen molar-refractivity contribution < 1.29 is 0 Å². The first-order valence-electron chi connectivity index (χ1n) is 5.85. The molecule has 0 radical (unpaired) electrons. The minimum absolute atomic E-state index is 0.877. The van der Waals surface area contributed by atoms with Crippen LogP contribution in [0.4, 0.5) is 0 Å². The molecule has 0 fully saturated rings. The van der Waals surface area contributed by atoms with E-state index in [2.05, 4.69) is 51.9 Å². The minimum Gasteiger partial charge on any atom is -0.380 e. The van der Waals surface area contributed by atoms with Gasteiger partial charge in [-0.1, -0.05) is 24.3 Å². The van der Waals surface area contributed by atoms with Crippen molar-refractivity contribution in [2.75, 3.05) is 20.6 Å². The lowest BCUT2D eigenvalue weighted by Gasteiger charge is -2.06. The first-order chi connectivity index (χ1) is 8.29. The van der Waals surface area contributed by atoms with Crippen LogP contribution in [0.5, 0.6) is 0 Å². The molecule has 0 bridgehead atoms. The summed E-state index contributed by atoms with van der Waals surface area (Å²) in [6.07, 6.45) is 3.40. The molecule has 0 aromatic heterocycles. The molecule has 1 heterocycles. The summed E-state index contributed by atoms with van der Waals surface area (Å²) >= 11 is 1.52. The van der Waals surface area contributed by atoms with Crippen molar-refractivity contribution in [3.05, 3.63) is 41.6 Å². The highest BCUT2D eigenvalue weighted by molar-refractivity contribution is 7.95. The van der Waals surface area contributed by atoms with Crippen LogP contribution in [0.1, 0.15) is 17.5 Å². The molecule has 1 aliphatic rings. The van der Waals surface area contributed by atoms with Crippen LogP contribution in [0.2, 0.25) is 0 Å². The molecule has 3 nitrogen and oxygen atoms in total. The number of hydrogen-bond acceptors (Lipinski definition) is 4. The van der Waals surface area contributed by atoms with Gasteiger partial charge in [-0.2, -0.15) is 0 Å². The van der Waals surface area contributed by atoms with Crippen molar-refractivity contribution in [3.8, 4) is 0 Å². The molecule has 17 heavy (non-hydrogen) atoms. The average Bonchev–Trinajstić information content (AvgIpc) is 2.77. The second kappa shape index (κ2) is 6.10. The molecule has 1 aromatic carbocycles. The molecule has 2 N–H and O–H groups in total. The molecule has 0 atom stereocenters. The first-order valence-corrected chi connectivity index (χ1v) is 6.67. The van der Waals surface area contributed by atoms with Crippen LogP contribution in [0.15, 0.2) is 30.5 Å². The summed E-state index contributed by atoms with van der Waals surface area (Å²) in [5.41, 5.74) is 4.11. The predicted molar refractivity (Wildman–Crippen MR) is 75.2 cm³/mol. The number of benzene rings is 1. The van der Waals surface area contributed by atoms with Crippen molar-refractivity contribution in [2.24, 2.45) is 0 Å². The molecule has 1 aliphatic heterocycles. The van der Waals surface area contributed by atoms with Crippen LogP contribution in [0.25, 0.3) is 5.57 Å². The molecule has 0 saturated heterocycles. The normalized spacial score (nSPS) is 15.2. The van der Waals surface area contributed by atoms with Gasteiger partial charge in [0.2, 0.25) is 0 Å². The largest absolute Gasteiger partial charge is 0.380 e. The van der Waals surface area contributed by atoms with Crippen LogP contribution in [0.3, 0.4) is 0 Å². The van der Waals surface area contributed by atoms with Crippen LogP contribution < -0.4 is 9.44 Å². The van der Waals surface area contributed by atoms with E-state index in [0.29, 0.717) is 0 Å². The van der Waals surface area contributed by atoms with Crippen molar-refractivity contribution >= 4 is 17.7 Å². The quantitative estimate of drug-likeness (QED) is 0.618. The van der Waals surface area contributed by atoms with E-state index in [0.717, 1.165) is 19.5 Å². The SMILES string of the molecule is CNSNCc1cccc(C2=CN(C)CC2)c1. The molecule has 0 aliphatic carbocycles. The highest BCUT2D eigenvalue weighted by Gasteiger charge is 2.10. The molecule has 2 rings (SSSR count). The van der Waals surface area contributed by atoms with Gasteiger partial charge in [-0.15, -0.1) is 0 Å². The van der Waals surface area contributed by atoms with E-state index >= 15 is 0 Å². The van der Waals surface area contributed by atoms with Gasteiger partial charge >= 0.3 is 0 Å². The van der Waals surface area contributed by atoms with E-state index in [1.807, 2.05) is 7.05 Å². The average molecular weight is 249 g/mol. The molecule has 1 aromatic rings. The fraction of sp³-hybridized carbons (Fsp3) is 0.385. The smallest absolute Gasteiger partial charge is 0.0322 e. The van der Waals surface area contributed by atoms with Gasteiger partial charge in [0.15, 0.2) is 0 Å².